The molecule has 0 atom stereocenters. The van der Waals surface area contributed by atoms with Crippen LogP contribution in [0.1, 0.15) is 135 Å². The molecule has 0 aliphatic carbocycles. The van der Waals surface area contributed by atoms with Gasteiger partial charge in [-0.2, -0.15) is 0 Å². The Morgan fingerprint density at radius 1 is 0.289 bits per heavy atom. The Bertz CT molecular complexity index is 364. The van der Waals surface area contributed by atoms with Crippen molar-refractivity contribution in [3.8, 4) is 0 Å². The summed E-state index contributed by atoms with van der Waals surface area (Å²) in [5.74, 6) is 0. The number of hydrogen-bond donors (Lipinski definition) is 0. The summed E-state index contributed by atoms with van der Waals surface area (Å²) in [4.78, 5) is 0. The molecule has 0 heterocycles. The lowest BCUT2D eigenvalue weighted by Gasteiger charge is -2.08. The summed E-state index contributed by atoms with van der Waals surface area (Å²) in [6.07, 6.45) is 27.5. The second-order valence-corrected chi connectivity index (χ2v) is 11.5. The van der Waals surface area contributed by atoms with Gasteiger partial charge in [-0.3, -0.25) is 0 Å². The van der Waals surface area contributed by atoms with Crippen LogP contribution in [0.5, 0.6) is 0 Å². The molecule has 0 aromatic carbocycles. The number of ether oxygens (including phenoxy) is 5. The first-order chi connectivity index (χ1) is 18.9. The zero-order valence-corrected chi connectivity index (χ0v) is 27.5. The van der Waals surface area contributed by atoms with E-state index < -0.39 is 0 Å². The molecule has 0 saturated heterocycles. The summed E-state index contributed by atoms with van der Waals surface area (Å²) >= 11 is 2.43. The van der Waals surface area contributed by atoms with E-state index in [2.05, 4.69) is 29.5 Å². The van der Waals surface area contributed by atoms with Crippen molar-refractivity contribution in [3.05, 3.63) is 0 Å². The summed E-state index contributed by atoms with van der Waals surface area (Å²) < 4.78 is 29.1. The molecule has 0 aromatic rings. The predicted octanol–water partition coefficient (Wildman–Crippen LogP) is 9.33. The standard InChI is InChI=1S/C32H65IO5/c1-2-3-4-5-6-7-8-9-10-11-12-13-14-15-17-20-23-34-25-27-36-29-31-38-32-30-37-28-26-35-24-21-18-16-19-22-33/h2-32H2,1H3. The van der Waals surface area contributed by atoms with E-state index >= 15 is 0 Å². The third kappa shape index (κ3) is 36.5. The molecule has 0 amide bonds. The van der Waals surface area contributed by atoms with Crippen molar-refractivity contribution >= 4 is 22.6 Å². The van der Waals surface area contributed by atoms with Gasteiger partial charge in [0.25, 0.3) is 0 Å². The zero-order chi connectivity index (χ0) is 27.5. The highest BCUT2D eigenvalue weighted by Gasteiger charge is 1.97. The van der Waals surface area contributed by atoms with E-state index in [1.807, 2.05) is 0 Å². The van der Waals surface area contributed by atoms with Crippen molar-refractivity contribution in [2.75, 3.05) is 70.5 Å². The first-order valence-electron chi connectivity index (χ1n) is 16.4. The van der Waals surface area contributed by atoms with Gasteiger partial charge in [-0.25, -0.2) is 0 Å². The molecule has 0 bridgehead atoms. The molecule has 0 spiro atoms. The average molecular weight is 657 g/mol. The van der Waals surface area contributed by atoms with Crippen LogP contribution in [0.15, 0.2) is 0 Å². The minimum Gasteiger partial charge on any atom is -0.379 e. The fraction of sp³-hybridized carbons (Fsp3) is 1.00. The number of alkyl halides is 1. The summed E-state index contributed by atoms with van der Waals surface area (Å²) in [5, 5.41) is 0. The third-order valence-corrected chi connectivity index (χ3v) is 7.57. The lowest BCUT2D eigenvalue weighted by atomic mass is 10.0. The first-order valence-corrected chi connectivity index (χ1v) is 17.9. The molecule has 6 heteroatoms. The average Bonchev–Trinajstić information content (AvgIpc) is 2.93. The van der Waals surface area contributed by atoms with Crippen LogP contribution in [-0.4, -0.2) is 70.5 Å². The second kappa shape index (κ2) is 37.5. The lowest BCUT2D eigenvalue weighted by molar-refractivity contribution is -0.0114. The number of hydrogen-bond acceptors (Lipinski definition) is 5. The molecule has 0 aromatic heterocycles. The van der Waals surface area contributed by atoms with Gasteiger partial charge in [-0.05, 0) is 23.7 Å². The maximum Gasteiger partial charge on any atom is 0.0701 e. The van der Waals surface area contributed by atoms with Gasteiger partial charge in [0.15, 0.2) is 0 Å². The Balaban J connectivity index is 3.01. The Labute approximate surface area is 251 Å². The quantitative estimate of drug-likeness (QED) is 0.0387. The third-order valence-electron chi connectivity index (χ3n) is 6.80. The van der Waals surface area contributed by atoms with Crippen molar-refractivity contribution in [2.24, 2.45) is 0 Å². The summed E-state index contributed by atoms with van der Waals surface area (Å²) in [5.41, 5.74) is 0. The summed E-state index contributed by atoms with van der Waals surface area (Å²) in [7, 11) is 0. The van der Waals surface area contributed by atoms with Gasteiger partial charge in [0.1, 0.15) is 0 Å². The van der Waals surface area contributed by atoms with E-state index in [4.69, 9.17) is 23.7 Å². The van der Waals surface area contributed by atoms with Crippen LogP contribution in [0.25, 0.3) is 0 Å². The van der Waals surface area contributed by atoms with Gasteiger partial charge in [-0.15, -0.1) is 0 Å². The van der Waals surface area contributed by atoms with Gasteiger partial charge in [0, 0.05) is 13.2 Å². The van der Waals surface area contributed by atoms with E-state index in [1.165, 1.54) is 126 Å². The molecule has 230 valence electrons. The fourth-order valence-corrected chi connectivity index (χ4v) is 4.93. The van der Waals surface area contributed by atoms with Gasteiger partial charge in [0.2, 0.25) is 0 Å². The minimum atomic E-state index is 0.607. The Morgan fingerprint density at radius 2 is 0.526 bits per heavy atom. The molecule has 0 aliphatic heterocycles. The number of halogens is 1. The molecule has 0 N–H and O–H groups in total. The van der Waals surface area contributed by atoms with E-state index in [9.17, 15) is 0 Å². The van der Waals surface area contributed by atoms with Crippen molar-refractivity contribution < 1.29 is 23.7 Å². The van der Waals surface area contributed by atoms with Crippen molar-refractivity contribution in [3.63, 3.8) is 0 Å². The zero-order valence-electron chi connectivity index (χ0n) is 25.3. The Hall–Kier alpha value is 0.530. The molecule has 38 heavy (non-hydrogen) atoms. The molecule has 0 rings (SSSR count). The molecule has 0 unspecified atom stereocenters. The molecular weight excluding hydrogens is 591 g/mol. The maximum atomic E-state index is 5.68. The van der Waals surface area contributed by atoms with E-state index in [0.29, 0.717) is 52.9 Å². The molecule has 0 aliphatic rings. The van der Waals surface area contributed by atoms with Crippen LogP contribution in [-0.2, 0) is 23.7 Å². The molecule has 0 saturated carbocycles. The second-order valence-electron chi connectivity index (χ2n) is 10.5. The lowest BCUT2D eigenvalue weighted by Crippen LogP contribution is -2.13. The SMILES string of the molecule is CCCCCCCCCCCCCCCCCCOCCOCCOCCOCCOCCCCCCI. The summed E-state index contributed by atoms with van der Waals surface area (Å²) in [6.45, 7) is 9.09. The van der Waals surface area contributed by atoms with Crippen molar-refractivity contribution in [2.45, 2.75) is 135 Å². The minimum absolute atomic E-state index is 0.607. The van der Waals surface area contributed by atoms with Crippen LogP contribution < -0.4 is 0 Å². The summed E-state index contributed by atoms with van der Waals surface area (Å²) in [6, 6.07) is 0. The molecule has 5 nitrogen and oxygen atoms in total. The fourth-order valence-electron chi connectivity index (χ4n) is 4.39. The van der Waals surface area contributed by atoms with E-state index in [1.54, 1.807) is 0 Å². The van der Waals surface area contributed by atoms with Crippen LogP contribution in [0, 0.1) is 0 Å². The first kappa shape index (κ1) is 38.5. The highest BCUT2D eigenvalue weighted by Crippen LogP contribution is 2.13. The molecule has 0 fully saturated rings. The van der Waals surface area contributed by atoms with Gasteiger partial charge in [-0.1, -0.05) is 139 Å². The Morgan fingerprint density at radius 3 is 0.816 bits per heavy atom. The monoisotopic (exact) mass is 656 g/mol. The van der Waals surface area contributed by atoms with Crippen molar-refractivity contribution in [1.29, 1.82) is 0 Å². The van der Waals surface area contributed by atoms with Crippen LogP contribution in [0.3, 0.4) is 0 Å². The van der Waals surface area contributed by atoms with Crippen LogP contribution in [0.4, 0.5) is 0 Å². The van der Waals surface area contributed by atoms with Gasteiger partial charge >= 0.3 is 0 Å². The maximum absolute atomic E-state index is 5.68. The van der Waals surface area contributed by atoms with Crippen molar-refractivity contribution in [1.82, 2.24) is 0 Å². The van der Waals surface area contributed by atoms with E-state index in [-0.39, 0.29) is 0 Å². The highest BCUT2D eigenvalue weighted by atomic mass is 127. The number of rotatable bonds is 35. The topological polar surface area (TPSA) is 46.2 Å². The molecule has 0 radical (unpaired) electrons. The molecular formula is C32H65IO5. The largest absolute Gasteiger partial charge is 0.379 e. The van der Waals surface area contributed by atoms with E-state index in [0.717, 1.165) is 19.6 Å². The normalized spacial score (nSPS) is 11.5. The predicted molar refractivity (Wildman–Crippen MR) is 171 cm³/mol. The highest BCUT2D eigenvalue weighted by molar-refractivity contribution is 14.1. The van der Waals surface area contributed by atoms with Crippen LogP contribution >= 0.6 is 22.6 Å². The van der Waals surface area contributed by atoms with Gasteiger partial charge in [0.05, 0.1) is 52.9 Å². The van der Waals surface area contributed by atoms with Crippen LogP contribution in [0.2, 0.25) is 0 Å². The smallest absolute Gasteiger partial charge is 0.0701 e. The number of unbranched alkanes of at least 4 members (excludes halogenated alkanes) is 18. The van der Waals surface area contributed by atoms with Gasteiger partial charge < -0.3 is 23.7 Å². The Kier molecular flexibility index (Phi) is 38.1.